The van der Waals surface area contributed by atoms with Gasteiger partial charge in [0.2, 0.25) is 5.91 Å². The van der Waals surface area contributed by atoms with E-state index in [1.54, 1.807) is 31.2 Å². The number of benzene rings is 1. The van der Waals surface area contributed by atoms with E-state index < -0.39 is 5.97 Å². The molecule has 0 spiro atoms. The summed E-state index contributed by atoms with van der Waals surface area (Å²) in [7, 11) is 0. The van der Waals surface area contributed by atoms with Crippen molar-refractivity contribution in [1.82, 2.24) is 20.3 Å². The van der Waals surface area contributed by atoms with Gasteiger partial charge in [-0.1, -0.05) is 28.9 Å². The molecule has 1 aromatic heterocycles. The van der Waals surface area contributed by atoms with Crippen molar-refractivity contribution >= 4 is 23.5 Å². The van der Waals surface area contributed by atoms with Gasteiger partial charge in [0.05, 0.1) is 0 Å². The first kappa shape index (κ1) is 15.0. The number of carboxylic acids is 1. The van der Waals surface area contributed by atoms with E-state index in [4.69, 9.17) is 11.6 Å². The highest BCUT2D eigenvalue weighted by Gasteiger charge is 2.21. The van der Waals surface area contributed by atoms with Gasteiger partial charge in [0.1, 0.15) is 12.2 Å². The molecule has 0 saturated carbocycles. The van der Waals surface area contributed by atoms with Crippen LogP contribution in [0.2, 0.25) is 5.02 Å². The number of halogens is 1. The number of nitrogens with one attached hydrogen (secondary N) is 1. The molecule has 0 saturated heterocycles. The molecule has 21 heavy (non-hydrogen) atoms. The van der Waals surface area contributed by atoms with Gasteiger partial charge in [0.15, 0.2) is 5.69 Å². The number of rotatable bonds is 5. The second kappa shape index (κ2) is 6.36. The van der Waals surface area contributed by atoms with E-state index in [9.17, 15) is 14.7 Å². The number of aromatic carboxylic acids is 1. The molecule has 1 heterocycles. The Morgan fingerprint density at radius 2 is 2.00 bits per heavy atom. The van der Waals surface area contributed by atoms with Crippen LogP contribution >= 0.6 is 11.6 Å². The van der Waals surface area contributed by atoms with E-state index in [-0.39, 0.29) is 23.8 Å². The molecule has 0 bridgehead atoms. The summed E-state index contributed by atoms with van der Waals surface area (Å²) in [6.07, 6.45) is 0. The number of carbonyl (C=O) groups excluding carboxylic acids is 1. The average molecular weight is 309 g/mol. The van der Waals surface area contributed by atoms with E-state index >= 15 is 0 Å². The standard InChI is InChI=1S/C13H13ClN4O3/c1-2-15-10(19)7-18-12(11(13(20)21)16-17-18)8-3-5-9(14)6-4-8/h3-6H,2,7H2,1H3,(H,15,19)(H,20,21). The van der Waals surface area contributed by atoms with Crippen LogP contribution in [0.3, 0.4) is 0 Å². The molecule has 0 unspecified atom stereocenters. The Kier molecular flexibility index (Phi) is 4.54. The second-order valence-electron chi connectivity index (χ2n) is 4.21. The first-order valence-electron chi connectivity index (χ1n) is 6.22. The van der Waals surface area contributed by atoms with Crippen LogP contribution in [0.1, 0.15) is 17.4 Å². The molecular formula is C13H13ClN4O3. The minimum absolute atomic E-state index is 0.105. The normalized spacial score (nSPS) is 10.4. The largest absolute Gasteiger partial charge is 0.476 e. The Balaban J connectivity index is 2.45. The van der Waals surface area contributed by atoms with Crippen LogP contribution in [0.25, 0.3) is 11.3 Å². The lowest BCUT2D eigenvalue weighted by atomic mass is 10.1. The van der Waals surface area contributed by atoms with Crippen LogP contribution in [0.5, 0.6) is 0 Å². The molecular weight excluding hydrogens is 296 g/mol. The van der Waals surface area contributed by atoms with E-state index in [2.05, 4.69) is 15.6 Å². The first-order chi connectivity index (χ1) is 10.0. The Bertz CT molecular complexity index is 667. The van der Waals surface area contributed by atoms with E-state index in [1.807, 2.05) is 0 Å². The monoisotopic (exact) mass is 308 g/mol. The minimum atomic E-state index is -1.21. The van der Waals surface area contributed by atoms with Crippen LogP contribution in [0, 0.1) is 0 Å². The summed E-state index contributed by atoms with van der Waals surface area (Å²) >= 11 is 5.82. The first-order valence-corrected chi connectivity index (χ1v) is 6.60. The van der Waals surface area contributed by atoms with Crippen molar-refractivity contribution in [3.05, 3.63) is 35.0 Å². The zero-order valence-corrected chi connectivity index (χ0v) is 12.0. The lowest BCUT2D eigenvalue weighted by Gasteiger charge is -2.07. The quantitative estimate of drug-likeness (QED) is 0.871. The van der Waals surface area contributed by atoms with Gasteiger partial charge in [-0.3, -0.25) is 4.79 Å². The topological polar surface area (TPSA) is 97.1 Å². The molecule has 2 aromatic rings. The predicted octanol–water partition coefficient (Wildman–Crippen LogP) is 1.43. The van der Waals surface area contributed by atoms with Crippen LogP contribution < -0.4 is 5.32 Å². The second-order valence-corrected chi connectivity index (χ2v) is 4.65. The number of hydrogen-bond acceptors (Lipinski definition) is 4. The van der Waals surface area contributed by atoms with Crippen LogP contribution in [-0.4, -0.2) is 38.5 Å². The maximum absolute atomic E-state index is 11.7. The predicted molar refractivity (Wildman–Crippen MR) is 76.1 cm³/mol. The maximum Gasteiger partial charge on any atom is 0.358 e. The molecule has 1 amide bonds. The molecule has 0 aliphatic rings. The highest BCUT2D eigenvalue weighted by Crippen LogP contribution is 2.24. The summed E-state index contributed by atoms with van der Waals surface area (Å²) in [6.45, 7) is 2.17. The van der Waals surface area contributed by atoms with Gasteiger partial charge in [-0.25, -0.2) is 9.48 Å². The number of hydrogen-bond donors (Lipinski definition) is 2. The fourth-order valence-corrected chi connectivity index (χ4v) is 1.98. The van der Waals surface area contributed by atoms with Gasteiger partial charge in [0.25, 0.3) is 0 Å². The molecule has 1 aromatic carbocycles. The molecule has 2 N–H and O–H groups in total. The minimum Gasteiger partial charge on any atom is -0.476 e. The van der Waals surface area contributed by atoms with E-state index in [0.29, 0.717) is 17.1 Å². The molecule has 8 heteroatoms. The molecule has 7 nitrogen and oxygen atoms in total. The SMILES string of the molecule is CCNC(=O)Cn1nnc(C(=O)O)c1-c1ccc(Cl)cc1. The van der Waals surface area contributed by atoms with Crippen molar-refractivity contribution in [3.63, 3.8) is 0 Å². The Morgan fingerprint density at radius 3 is 2.57 bits per heavy atom. The summed E-state index contributed by atoms with van der Waals surface area (Å²) in [5, 5.41) is 19.7. The Morgan fingerprint density at radius 1 is 1.33 bits per heavy atom. The smallest absolute Gasteiger partial charge is 0.358 e. The summed E-state index contributed by atoms with van der Waals surface area (Å²) in [6, 6.07) is 6.57. The van der Waals surface area contributed by atoms with Crippen LogP contribution in [-0.2, 0) is 11.3 Å². The number of amides is 1. The van der Waals surface area contributed by atoms with E-state index in [1.165, 1.54) is 4.68 Å². The van der Waals surface area contributed by atoms with Crippen molar-refractivity contribution in [2.45, 2.75) is 13.5 Å². The molecule has 110 valence electrons. The van der Waals surface area contributed by atoms with Gasteiger partial charge >= 0.3 is 5.97 Å². The maximum atomic E-state index is 11.7. The third kappa shape index (κ3) is 3.38. The zero-order valence-electron chi connectivity index (χ0n) is 11.2. The molecule has 2 rings (SSSR count). The third-order valence-electron chi connectivity index (χ3n) is 2.72. The number of nitrogens with zero attached hydrogens (tertiary/aromatic N) is 3. The molecule has 0 radical (unpaired) electrons. The van der Waals surface area contributed by atoms with Gasteiger partial charge in [-0.15, -0.1) is 5.10 Å². The van der Waals surface area contributed by atoms with Crippen LogP contribution in [0.4, 0.5) is 0 Å². The summed E-state index contributed by atoms with van der Waals surface area (Å²) < 4.78 is 1.26. The fourth-order valence-electron chi connectivity index (χ4n) is 1.85. The Labute approximate surface area is 125 Å². The molecule has 0 fully saturated rings. The number of likely N-dealkylation sites (N-methyl/N-ethyl adjacent to an activating group) is 1. The highest BCUT2D eigenvalue weighted by atomic mass is 35.5. The lowest BCUT2D eigenvalue weighted by molar-refractivity contribution is -0.121. The van der Waals surface area contributed by atoms with Crippen molar-refractivity contribution < 1.29 is 14.7 Å². The summed E-state index contributed by atoms with van der Waals surface area (Å²) in [5.41, 5.74) is 0.637. The van der Waals surface area contributed by atoms with Crippen molar-refractivity contribution in [1.29, 1.82) is 0 Å². The van der Waals surface area contributed by atoms with Crippen molar-refractivity contribution in [2.75, 3.05) is 6.54 Å². The molecule has 0 atom stereocenters. The zero-order chi connectivity index (χ0) is 15.4. The van der Waals surface area contributed by atoms with Crippen molar-refractivity contribution in [3.8, 4) is 11.3 Å². The van der Waals surface area contributed by atoms with Gasteiger partial charge in [0, 0.05) is 17.1 Å². The molecule has 0 aliphatic heterocycles. The lowest BCUT2D eigenvalue weighted by Crippen LogP contribution is -2.28. The summed E-state index contributed by atoms with van der Waals surface area (Å²) in [4.78, 5) is 22.9. The molecule has 0 aliphatic carbocycles. The highest BCUT2D eigenvalue weighted by molar-refractivity contribution is 6.30. The fraction of sp³-hybridized carbons (Fsp3) is 0.231. The van der Waals surface area contributed by atoms with E-state index in [0.717, 1.165) is 0 Å². The van der Waals surface area contributed by atoms with Crippen molar-refractivity contribution in [2.24, 2.45) is 0 Å². The Hall–Kier alpha value is -2.41. The number of carboxylic acid groups (broad SMARTS) is 1. The number of carbonyl (C=O) groups is 2. The average Bonchev–Trinajstić information content (AvgIpc) is 2.83. The van der Waals surface area contributed by atoms with Crippen LogP contribution in [0.15, 0.2) is 24.3 Å². The summed E-state index contributed by atoms with van der Waals surface area (Å²) in [5.74, 6) is -1.48. The van der Waals surface area contributed by atoms with Gasteiger partial charge in [-0.05, 0) is 19.1 Å². The third-order valence-corrected chi connectivity index (χ3v) is 2.97. The van der Waals surface area contributed by atoms with Gasteiger partial charge in [-0.2, -0.15) is 0 Å². The number of aromatic nitrogens is 3. The van der Waals surface area contributed by atoms with Gasteiger partial charge < -0.3 is 10.4 Å².